The van der Waals surface area contributed by atoms with Crippen LogP contribution in [-0.2, 0) is 4.79 Å². The molecule has 130 valence electrons. The highest BCUT2D eigenvalue weighted by atomic mass is 16.2. The van der Waals surface area contributed by atoms with Crippen LogP contribution in [-0.4, -0.2) is 60.4 Å². The molecule has 0 saturated carbocycles. The molecule has 2 unspecified atom stereocenters. The molecule has 2 heterocycles. The number of fused-ring (bicyclic) bond motifs is 1. The molecule has 0 spiro atoms. The molecule has 6 nitrogen and oxygen atoms in total. The summed E-state index contributed by atoms with van der Waals surface area (Å²) >= 11 is 0. The van der Waals surface area contributed by atoms with Crippen molar-refractivity contribution >= 4 is 23.2 Å². The van der Waals surface area contributed by atoms with Crippen molar-refractivity contribution in [2.45, 2.75) is 38.3 Å². The monoisotopic (exact) mass is 330 g/mol. The minimum Gasteiger partial charge on any atom is -0.380 e. The van der Waals surface area contributed by atoms with Crippen LogP contribution in [0.3, 0.4) is 0 Å². The van der Waals surface area contributed by atoms with Gasteiger partial charge in [-0.2, -0.15) is 0 Å². The Bertz CT molecular complexity index is 673. The first-order chi connectivity index (χ1) is 11.3. The number of likely N-dealkylation sites (N-methyl/N-ethyl adjacent to an activating group) is 1. The van der Waals surface area contributed by atoms with E-state index in [9.17, 15) is 9.59 Å². The number of likely N-dealkylation sites (tertiary alicyclic amines) is 1. The van der Waals surface area contributed by atoms with Gasteiger partial charge in [-0.3, -0.25) is 9.59 Å². The van der Waals surface area contributed by atoms with Gasteiger partial charge in [-0.25, -0.2) is 0 Å². The van der Waals surface area contributed by atoms with Gasteiger partial charge in [-0.1, -0.05) is 0 Å². The van der Waals surface area contributed by atoms with E-state index < -0.39 is 0 Å². The first kappa shape index (κ1) is 16.8. The predicted octanol–water partition coefficient (Wildman–Crippen LogP) is 2.00. The highest BCUT2D eigenvalue weighted by molar-refractivity contribution is 6.00. The van der Waals surface area contributed by atoms with Crippen LogP contribution < -0.4 is 10.6 Å². The highest BCUT2D eigenvalue weighted by Crippen LogP contribution is 2.30. The van der Waals surface area contributed by atoms with E-state index in [1.54, 1.807) is 6.07 Å². The lowest BCUT2D eigenvalue weighted by molar-refractivity contribution is -0.116. The van der Waals surface area contributed by atoms with Crippen molar-refractivity contribution in [3.05, 3.63) is 23.8 Å². The van der Waals surface area contributed by atoms with Gasteiger partial charge in [-0.05, 0) is 52.6 Å². The Kier molecular flexibility index (Phi) is 4.25. The Labute approximate surface area is 143 Å². The maximum absolute atomic E-state index is 12.9. The molecule has 2 aliphatic rings. The second-order valence-corrected chi connectivity index (χ2v) is 7.43. The normalized spacial score (nSPS) is 26.6. The van der Waals surface area contributed by atoms with E-state index in [4.69, 9.17) is 0 Å². The van der Waals surface area contributed by atoms with Crippen LogP contribution in [0.4, 0.5) is 11.4 Å². The summed E-state index contributed by atoms with van der Waals surface area (Å²) in [7, 11) is 4.12. The quantitative estimate of drug-likeness (QED) is 0.870. The molecule has 6 heteroatoms. The van der Waals surface area contributed by atoms with Gasteiger partial charge in [0.1, 0.15) is 0 Å². The smallest absolute Gasteiger partial charge is 0.253 e. The third kappa shape index (κ3) is 3.11. The molecule has 1 saturated heterocycles. The minimum atomic E-state index is -0.00545. The van der Waals surface area contributed by atoms with E-state index in [0.717, 1.165) is 30.9 Å². The Hall–Kier alpha value is -2.08. The molecule has 0 bridgehead atoms. The SMILES string of the molecule is CC1CC(=O)Nc2ccc(C(=O)N3CCC(C)(N(C)C)C3)cc2N1. The Balaban J connectivity index is 1.81. The third-order valence-corrected chi connectivity index (χ3v) is 5.25. The van der Waals surface area contributed by atoms with E-state index in [-0.39, 0.29) is 23.4 Å². The number of amides is 2. The number of hydrogen-bond acceptors (Lipinski definition) is 4. The zero-order chi connectivity index (χ0) is 17.5. The zero-order valence-corrected chi connectivity index (χ0v) is 14.8. The molecule has 3 rings (SSSR count). The largest absolute Gasteiger partial charge is 0.380 e. The van der Waals surface area contributed by atoms with Crippen molar-refractivity contribution in [1.82, 2.24) is 9.80 Å². The minimum absolute atomic E-state index is 0.00545. The molecular weight excluding hydrogens is 304 g/mol. The maximum atomic E-state index is 12.9. The van der Waals surface area contributed by atoms with Gasteiger partial charge in [0.15, 0.2) is 0 Å². The molecule has 1 aromatic carbocycles. The number of carbonyl (C=O) groups excluding carboxylic acids is 2. The Morgan fingerprint density at radius 1 is 1.33 bits per heavy atom. The first-order valence-electron chi connectivity index (χ1n) is 8.46. The number of anilines is 2. The second-order valence-electron chi connectivity index (χ2n) is 7.43. The van der Waals surface area contributed by atoms with Crippen molar-refractivity contribution in [2.75, 3.05) is 37.8 Å². The van der Waals surface area contributed by atoms with Gasteiger partial charge in [0.05, 0.1) is 11.4 Å². The van der Waals surface area contributed by atoms with Crippen molar-refractivity contribution in [1.29, 1.82) is 0 Å². The molecular formula is C18H26N4O2. The number of carbonyl (C=O) groups is 2. The van der Waals surface area contributed by atoms with Gasteiger partial charge in [0.25, 0.3) is 5.91 Å². The van der Waals surface area contributed by atoms with Crippen LogP contribution in [0, 0.1) is 0 Å². The molecule has 24 heavy (non-hydrogen) atoms. The summed E-state index contributed by atoms with van der Waals surface area (Å²) in [5.74, 6) is 0.0440. The fourth-order valence-electron chi connectivity index (χ4n) is 3.37. The summed E-state index contributed by atoms with van der Waals surface area (Å²) in [6, 6.07) is 5.50. The molecule has 2 atom stereocenters. The first-order valence-corrected chi connectivity index (χ1v) is 8.46. The standard InChI is InChI=1S/C18H26N4O2/c1-12-9-16(23)20-14-6-5-13(10-15(14)19-12)17(24)22-8-7-18(2,11-22)21(3)4/h5-6,10,12,19H,7-9,11H2,1-4H3,(H,20,23). The second kappa shape index (κ2) is 6.09. The number of nitrogens with one attached hydrogen (secondary N) is 2. The van der Waals surface area contributed by atoms with Crippen LogP contribution >= 0.6 is 0 Å². The fraction of sp³-hybridized carbons (Fsp3) is 0.556. The average molecular weight is 330 g/mol. The molecule has 2 N–H and O–H groups in total. The summed E-state index contributed by atoms with van der Waals surface area (Å²) in [4.78, 5) is 28.8. The highest BCUT2D eigenvalue weighted by Gasteiger charge is 2.38. The summed E-state index contributed by atoms with van der Waals surface area (Å²) in [6.45, 7) is 5.66. The topological polar surface area (TPSA) is 64.7 Å². The Morgan fingerprint density at radius 3 is 2.75 bits per heavy atom. The number of nitrogens with zero attached hydrogens (tertiary/aromatic N) is 2. The molecule has 1 fully saturated rings. The van der Waals surface area contributed by atoms with Crippen LogP contribution in [0.15, 0.2) is 18.2 Å². The lowest BCUT2D eigenvalue weighted by Gasteiger charge is -2.32. The predicted molar refractivity (Wildman–Crippen MR) is 95.4 cm³/mol. The number of hydrogen-bond donors (Lipinski definition) is 2. The molecule has 2 aliphatic heterocycles. The summed E-state index contributed by atoms with van der Waals surface area (Å²) < 4.78 is 0. The number of benzene rings is 1. The van der Waals surface area contributed by atoms with Crippen molar-refractivity contribution < 1.29 is 9.59 Å². The lowest BCUT2D eigenvalue weighted by atomic mass is 10.0. The van der Waals surface area contributed by atoms with Crippen LogP contribution in [0.1, 0.15) is 37.0 Å². The van der Waals surface area contributed by atoms with Gasteiger partial charge >= 0.3 is 0 Å². The Morgan fingerprint density at radius 2 is 2.08 bits per heavy atom. The molecule has 0 radical (unpaired) electrons. The van der Waals surface area contributed by atoms with E-state index >= 15 is 0 Å². The van der Waals surface area contributed by atoms with Crippen LogP contribution in [0.2, 0.25) is 0 Å². The zero-order valence-electron chi connectivity index (χ0n) is 14.8. The fourth-order valence-corrected chi connectivity index (χ4v) is 3.37. The van der Waals surface area contributed by atoms with E-state index in [0.29, 0.717) is 12.0 Å². The third-order valence-electron chi connectivity index (χ3n) is 5.25. The summed E-state index contributed by atoms with van der Waals surface area (Å²) in [5.41, 5.74) is 2.24. The van der Waals surface area contributed by atoms with Gasteiger partial charge in [0, 0.05) is 36.7 Å². The summed E-state index contributed by atoms with van der Waals surface area (Å²) in [5, 5.41) is 6.19. The number of rotatable bonds is 2. The van der Waals surface area contributed by atoms with Gasteiger partial charge in [-0.15, -0.1) is 0 Å². The van der Waals surface area contributed by atoms with E-state index in [1.807, 2.05) is 24.0 Å². The van der Waals surface area contributed by atoms with Crippen LogP contribution in [0.25, 0.3) is 0 Å². The van der Waals surface area contributed by atoms with Crippen molar-refractivity contribution in [3.63, 3.8) is 0 Å². The van der Waals surface area contributed by atoms with Crippen LogP contribution in [0.5, 0.6) is 0 Å². The van der Waals surface area contributed by atoms with Gasteiger partial charge < -0.3 is 20.4 Å². The van der Waals surface area contributed by atoms with E-state index in [2.05, 4.69) is 36.6 Å². The molecule has 0 aliphatic carbocycles. The molecule has 1 aromatic rings. The molecule has 0 aromatic heterocycles. The van der Waals surface area contributed by atoms with Crippen molar-refractivity contribution in [2.24, 2.45) is 0 Å². The maximum Gasteiger partial charge on any atom is 0.253 e. The van der Waals surface area contributed by atoms with E-state index in [1.165, 1.54) is 0 Å². The summed E-state index contributed by atoms with van der Waals surface area (Å²) in [6.07, 6.45) is 1.40. The van der Waals surface area contributed by atoms with Gasteiger partial charge in [0.2, 0.25) is 5.91 Å². The van der Waals surface area contributed by atoms with Crippen molar-refractivity contribution in [3.8, 4) is 0 Å². The molecule has 2 amide bonds. The average Bonchev–Trinajstić information content (AvgIpc) is 2.85. The lowest BCUT2D eigenvalue weighted by Crippen LogP contribution is -2.44.